The van der Waals surface area contributed by atoms with Crippen molar-refractivity contribution in [2.45, 2.75) is 30.5 Å². The minimum Gasteiger partial charge on any atom is -0.870 e. The van der Waals surface area contributed by atoms with Gasteiger partial charge in [-0.25, -0.2) is 33.7 Å². The Morgan fingerprint density at radius 2 is 1.14 bits per heavy atom. The zero-order chi connectivity index (χ0) is 50.6. The molecule has 0 saturated carbocycles. The van der Waals surface area contributed by atoms with E-state index in [4.69, 9.17) is 0 Å². The van der Waals surface area contributed by atoms with Crippen molar-refractivity contribution in [2.24, 2.45) is 35.8 Å². The van der Waals surface area contributed by atoms with Gasteiger partial charge in [0.2, 0.25) is 0 Å². The van der Waals surface area contributed by atoms with E-state index in [1.54, 1.807) is 0 Å². The molecule has 0 fully saturated rings. The second-order valence-electron chi connectivity index (χ2n) is 13.0. The minimum absolute atomic E-state index is 0. The van der Waals surface area contributed by atoms with Crippen LogP contribution in [0, 0.1) is 10.1 Å². The molecule has 0 spiro atoms. The van der Waals surface area contributed by atoms with Crippen molar-refractivity contribution in [3.63, 3.8) is 0 Å². The molecule has 42 heteroatoms. The third kappa shape index (κ3) is 15.5. The number of carbonyl (C=O) groups excluding carboxylic acids is 2. The number of aromatic hydroxyl groups is 1. The van der Waals surface area contributed by atoms with E-state index in [1.807, 2.05) is 0 Å². The number of carbonyl (C=O) groups is 2. The monoisotopic (exact) mass is 1090 g/mol. The first-order valence-corrected chi connectivity index (χ1v) is 24.1. The summed E-state index contributed by atoms with van der Waals surface area (Å²) in [6, 6.07) is 4.87. The molecule has 1 atom stereocenters. The fourth-order valence-corrected chi connectivity index (χ4v) is 8.77. The number of hydrogen-bond donors (Lipinski definition) is 2. The fourth-order valence-electron chi connectivity index (χ4n) is 5.74. The molecule has 1 unspecified atom stereocenters. The molecule has 5 aromatic rings. The van der Waals surface area contributed by atoms with Crippen LogP contribution in [0.5, 0.6) is 11.5 Å². The second-order valence-corrected chi connectivity index (χ2v) is 19.8. The second kappa shape index (κ2) is 26.1. The van der Waals surface area contributed by atoms with Gasteiger partial charge < -0.3 is 38.3 Å². The van der Waals surface area contributed by atoms with Crippen molar-refractivity contribution in [3.8, 4) is 11.5 Å². The Hall–Kier alpha value is -3.69. The molecule has 6 rings (SSSR count). The summed E-state index contributed by atoms with van der Waals surface area (Å²) in [5.41, 5.74) is -8.03. The van der Waals surface area contributed by atoms with Crippen LogP contribution in [-0.2, 0) is 60.2 Å². The molecule has 0 bridgehead atoms. The number of aliphatic carboxylic acids is 1. The topological polar surface area (TPSA) is 517 Å². The molecule has 356 valence electrons. The summed E-state index contributed by atoms with van der Waals surface area (Å²) < 4.78 is 178. The molecule has 2 N–H and O–H groups in total. The van der Waals surface area contributed by atoms with E-state index in [0.717, 1.165) is 30.3 Å². The van der Waals surface area contributed by atoms with Crippen LogP contribution in [0.25, 0.3) is 10.8 Å². The number of non-ortho nitro benzene ring substituents is 1. The maximum absolute atomic E-state index is 13.7. The standard InChI is InChI=1S/C32H21N9O22S5.5Li.Na/c42-29-24-13(10-23(68(61,62)63)26(30(24)43)37-35-19-8-4-16(41(47)48)12-21(19)66(55,56)57)9-22(67(58,59)60)25(29)36-34-18-7-1-14(11-20(18)65(52,53)54)33-38-27-28(32(45)46)39-40(31(27)44)15-2-5-17(6-3-15)64(49,50)51;;;;;;/h1-12,27,42-43H,(H,45,46)(H,49,50,51)(H,52,53,54)(H,55,56,57)(H,58,59,60)(H,61,62,63);;;;;;/q;6*+1/p-6. The number of amides is 1. The normalized spacial score (nSPS) is 14.0. The predicted octanol–water partition coefficient (Wildman–Crippen LogP) is -17.1. The molecule has 1 amide bonds. The number of azo groups is 3. The van der Waals surface area contributed by atoms with E-state index in [1.165, 1.54) is 0 Å². The molecular weight excluding hydrogens is 1080 g/mol. The first kappa shape index (κ1) is 70.3. The van der Waals surface area contributed by atoms with Gasteiger partial charge in [0.15, 0.2) is 11.8 Å². The Morgan fingerprint density at radius 1 is 0.649 bits per heavy atom. The van der Waals surface area contributed by atoms with Crippen LogP contribution < -0.4 is 139 Å². The third-order valence-electron chi connectivity index (χ3n) is 8.71. The van der Waals surface area contributed by atoms with Gasteiger partial charge in [-0.1, -0.05) is 5.75 Å². The number of benzene rings is 5. The van der Waals surface area contributed by atoms with Gasteiger partial charge in [-0.15, -0.1) is 20.5 Å². The Morgan fingerprint density at radius 3 is 1.61 bits per heavy atom. The number of hydrogen-bond acceptors (Lipinski definition) is 28. The summed E-state index contributed by atoms with van der Waals surface area (Å²) in [6.45, 7) is 0. The van der Waals surface area contributed by atoms with Gasteiger partial charge in [-0.3, -0.25) is 19.5 Å². The van der Waals surface area contributed by atoms with E-state index >= 15 is 0 Å². The molecule has 1 aliphatic rings. The number of nitrogens with zero attached hydrogens (tertiary/aromatic N) is 9. The number of anilines is 1. The van der Waals surface area contributed by atoms with Crippen LogP contribution in [0.4, 0.5) is 39.8 Å². The zero-order valence-corrected chi connectivity index (χ0v) is 44.2. The number of carboxylic acids is 1. The number of hydrazone groups is 1. The largest absolute Gasteiger partial charge is 1.00 e. The quantitative estimate of drug-likeness (QED) is 0.0343. The van der Waals surface area contributed by atoms with Crippen LogP contribution in [0.2, 0.25) is 0 Å². The molecule has 0 saturated heterocycles. The average Bonchev–Trinajstić information content (AvgIpc) is 3.56. The molecule has 0 radical (unpaired) electrons. The van der Waals surface area contributed by atoms with E-state index in [-0.39, 0.29) is 148 Å². The molecule has 31 nitrogen and oxygen atoms in total. The molecule has 0 aliphatic carbocycles. The summed E-state index contributed by atoms with van der Waals surface area (Å²) in [5, 5.41) is 70.0. The van der Waals surface area contributed by atoms with Crippen molar-refractivity contribution < 1.29 is 219 Å². The maximum atomic E-state index is 13.7. The summed E-state index contributed by atoms with van der Waals surface area (Å²) in [4.78, 5) is 28.3. The van der Waals surface area contributed by atoms with Crippen molar-refractivity contribution in [3.05, 3.63) is 82.9 Å². The predicted molar refractivity (Wildman–Crippen MR) is 209 cm³/mol. The SMILES string of the molecule is O=C([O-])C1=NN(c2ccc(S(=O)(=O)[O-])cc2)C(=O)C1N=Nc1ccc(N=Nc2c(S(=O)(=O)O)cc3cc(S(=O)(=O)[O-])c(N=Nc4ccc([N+](=O)[O-])cc4S(=O)(=O)[O-])c([O-])c3c2O)c(S(=O)(=O)[O-])c1.[Li+].[Li+].[Li+].[Li+].[Li+].[Na+]. The Balaban J connectivity index is 0.00000888. The van der Waals surface area contributed by atoms with E-state index < -0.39 is 160 Å². The molecule has 1 heterocycles. The first-order chi connectivity index (χ1) is 31.3. The Bertz CT molecular complexity index is 3800. The van der Waals surface area contributed by atoms with Gasteiger partial charge in [0.05, 0.1) is 47.5 Å². The number of carboxylic acid groups (broad SMARTS) is 1. The molecule has 1 aliphatic heterocycles. The molecule has 0 aromatic heterocycles. The summed E-state index contributed by atoms with van der Waals surface area (Å²) in [5.74, 6) is -6.81. The van der Waals surface area contributed by atoms with E-state index in [2.05, 4.69) is 35.8 Å². The summed E-state index contributed by atoms with van der Waals surface area (Å²) in [6.07, 6.45) is 0. The summed E-state index contributed by atoms with van der Waals surface area (Å²) in [7, 11) is -27.8. The van der Waals surface area contributed by atoms with Crippen LogP contribution in [0.3, 0.4) is 0 Å². The Kier molecular flexibility index (Phi) is 24.8. The first-order valence-electron chi connectivity index (χ1n) is 17.0. The number of nitro groups is 1. The van der Waals surface area contributed by atoms with Crippen LogP contribution in [0.1, 0.15) is 0 Å². The number of nitro benzene ring substituents is 1. The number of phenolic OH excluding ortho intramolecular Hbond substituents is 1. The smallest absolute Gasteiger partial charge is 0.870 e. The van der Waals surface area contributed by atoms with Crippen molar-refractivity contribution in [2.75, 3.05) is 5.01 Å². The average molecular weight is 1100 g/mol. The van der Waals surface area contributed by atoms with Gasteiger partial charge in [0, 0.05) is 17.5 Å². The van der Waals surface area contributed by atoms with Gasteiger partial charge in [-0.05, 0) is 66.0 Å². The van der Waals surface area contributed by atoms with Crippen molar-refractivity contribution in [1.29, 1.82) is 0 Å². The van der Waals surface area contributed by atoms with E-state index in [9.17, 15) is 99.9 Å². The fraction of sp³-hybridized carbons (Fsp3) is 0.0312. The van der Waals surface area contributed by atoms with Crippen LogP contribution in [0.15, 0.2) is 133 Å². The number of fused-ring (bicyclic) bond motifs is 1. The van der Waals surface area contributed by atoms with Gasteiger partial charge in [0.25, 0.3) is 21.7 Å². The van der Waals surface area contributed by atoms with Gasteiger partial charge in [-0.2, -0.15) is 28.8 Å². The molecular formula is C32H15Li5N9NaO22S5. The zero-order valence-electron chi connectivity index (χ0n) is 38.1. The Labute approximate surface area is 497 Å². The van der Waals surface area contributed by atoms with Gasteiger partial charge in [0.1, 0.15) is 68.1 Å². The molecule has 74 heavy (non-hydrogen) atoms. The minimum atomic E-state index is -5.87. The van der Waals surface area contributed by atoms with Crippen LogP contribution in [-0.4, -0.2) is 98.5 Å². The van der Waals surface area contributed by atoms with Gasteiger partial charge >= 0.3 is 124 Å². The number of rotatable bonds is 14. The van der Waals surface area contributed by atoms with Crippen molar-refractivity contribution >= 4 is 119 Å². The number of phenols is 1. The third-order valence-corrected chi connectivity index (χ3v) is 13.0. The summed E-state index contributed by atoms with van der Waals surface area (Å²) >= 11 is 0. The van der Waals surface area contributed by atoms with E-state index in [0.29, 0.717) is 29.3 Å². The van der Waals surface area contributed by atoms with Crippen LogP contribution >= 0.6 is 0 Å². The molecule has 5 aromatic carbocycles. The van der Waals surface area contributed by atoms with Crippen molar-refractivity contribution in [1.82, 2.24) is 0 Å². The maximum Gasteiger partial charge on any atom is 1.00 e.